The van der Waals surface area contributed by atoms with E-state index in [0.29, 0.717) is 18.4 Å². The van der Waals surface area contributed by atoms with Crippen LogP contribution in [-0.4, -0.2) is 11.6 Å². The van der Waals surface area contributed by atoms with E-state index in [1.54, 1.807) is 0 Å². The van der Waals surface area contributed by atoms with Gasteiger partial charge in [0.2, 0.25) is 5.88 Å². The average molecular weight is 292 g/mol. The standard InChI is InChI=1S/C16H18ClNO2/c1-3-13-9-12(11-17)10-16(18-13)20-15-7-5-14(6-8-15)19-4-2/h5-10H,3-4,11H2,1-2H3. The molecule has 0 spiro atoms. The Hall–Kier alpha value is -1.74. The topological polar surface area (TPSA) is 31.4 Å². The number of rotatable bonds is 6. The Morgan fingerprint density at radius 2 is 1.75 bits per heavy atom. The van der Waals surface area contributed by atoms with Crippen molar-refractivity contribution < 1.29 is 9.47 Å². The van der Waals surface area contributed by atoms with E-state index in [9.17, 15) is 0 Å². The van der Waals surface area contributed by atoms with Gasteiger partial charge >= 0.3 is 0 Å². The predicted molar refractivity (Wildman–Crippen MR) is 80.9 cm³/mol. The number of hydrogen-bond acceptors (Lipinski definition) is 3. The first kappa shape index (κ1) is 14.7. The highest BCUT2D eigenvalue weighted by atomic mass is 35.5. The van der Waals surface area contributed by atoms with Gasteiger partial charge in [-0.1, -0.05) is 6.92 Å². The number of hydrogen-bond donors (Lipinski definition) is 0. The van der Waals surface area contributed by atoms with E-state index in [2.05, 4.69) is 11.9 Å². The summed E-state index contributed by atoms with van der Waals surface area (Å²) in [6.45, 7) is 4.67. The van der Waals surface area contributed by atoms with Gasteiger partial charge in [-0.25, -0.2) is 4.98 Å². The quantitative estimate of drug-likeness (QED) is 0.730. The number of aryl methyl sites for hydroxylation is 1. The molecule has 1 aromatic heterocycles. The molecule has 106 valence electrons. The monoisotopic (exact) mass is 291 g/mol. The Morgan fingerprint density at radius 3 is 2.35 bits per heavy atom. The van der Waals surface area contributed by atoms with E-state index in [4.69, 9.17) is 21.1 Å². The zero-order valence-electron chi connectivity index (χ0n) is 11.7. The highest BCUT2D eigenvalue weighted by Gasteiger charge is 2.04. The minimum absolute atomic E-state index is 0.454. The molecule has 0 saturated carbocycles. The third-order valence-corrected chi connectivity index (χ3v) is 3.10. The van der Waals surface area contributed by atoms with Gasteiger partial charge < -0.3 is 9.47 Å². The molecule has 0 aliphatic rings. The summed E-state index contributed by atoms with van der Waals surface area (Å²) in [4.78, 5) is 4.44. The molecule has 0 atom stereocenters. The smallest absolute Gasteiger partial charge is 0.219 e. The summed E-state index contributed by atoms with van der Waals surface area (Å²) in [5.74, 6) is 2.59. The minimum atomic E-state index is 0.454. The Morgan fingerprint density at radius 1 is 1.05 bits per heavy atom. The summed E-state index contributed by atoms with van der Waals surface area (Å²) in [6.07, 6.45) is 0.852. The lowest BCUT2D eigenvalue weighted by molar-refractivity contribution is 0.339. The van der Waals surface area contributed by atoms with Crippen LogP contribution in [0.1, 0.15) is 25.1 Å². The van der Waals surface area contributed by atoms with Crippen LogP contribution in [0.5, 0.6) is 17.4 Å². The van der Waals surface area contributed by atoms with Crippen molar-refractivity contribution in [1.82, 2.24) is 4.98 Å². The van der Waals surface area contributed by atoms with Crippen LogP contribution in [0.15, 0.2) is 36.4 Å². The highest BCUT2D eigenvalue weighted by Crippen LogP contribution is 2.24. The van der Waals surface area contributed by atoms with E-state index >= 15 is 0 Å². The fraction of sp³-hybridized carbons (Fsp3) is 0.312. The first-order valence-electron chi connectivity index (χ1n) is 6.71. The molecule has 0 aliphatic carbocycles. The second-order valence-corrected chi connectivity index (χ2v) is 4.57. The molecule has 0 bridgehead atoms. The van der Waals surface area contributed by atoms with Crippen molar-refractivity contribution in [2.24, 2.45) is 0 Å². The van der Waals surface area contributed by atoms with Crippen LogP contribution in [-0.2, 0) is 12.3 Å². The third-order valence-electron chi connectivity index (χ3n) is 2.79. The molecule has 3 nitrogen and oxygen atoms in total. The number of halogens is 1. The lowest BCUT2D eigenvalue weighted by Crippen LogP contribution is -1.95. The Kier molecular flexibility index (Phi) is 5.24. The molecule has 0 aliphatic heterocycles. The molecular weight excluding hydrogens is 274 g/mol. The van der Waals surface area contributed by atoms with Gasteiger partial charge in [0, 0.05) is 17.6 Å². The maximum Gasteiger partial charge on any atom is 0.219 e. The van der Waals surface area contributed by atoms with Gasteiger partial charge in [0.1, 0.15) is 11.5 Å². The number of nitrogens with zero attached hydrogens (tertiary/aromatic N) is 1. The van der Waals surface area contributed by atoms with Crippen molar-refractivity contribution in [3.63, 3.8) is 0 Å². The van der Waals surface area contributed by atoms with E-state index in [0.717, 1.165) is 29.2 Å². The number of pyridine rings is 1. The maximum atomic E-state index is 5.89. The zero-order valence-corrected chi connectivity index (χ0v) is 12.5. The second-order valence-electron chi connectivity index (χ2n) is 4.30. The summed E-state index contributed by atoms with van der Waals surface area (Å²) in [6, 6.07) is 11.4. The van der Waals surface area contributed by atoms with Gasteiger partial charge in [0.15, 0.2) is 0 Å². The molecule has 0 unspecified atom stereocenters. The molecule has 0 saturated heterocycles. The number of aromatic nitrogens is 1. The lowest BCUT2D eigenvalue weighted by atomic mass is 10.2. The Labute approximate surface area is 124 Å². The van der Waals surface area contributed by atoms with Crippen LogP contribution < -0.4 is 9.47 Å². The third kappa shape index (κ3) is 3.87. The molecular formula is C16H18ClNO2. The Bertz CT molecular complexity index is 533. The van der Waals surface area contributed by atoms with Crippen molar-refractivity contribution in [1.29, 1.82) is 0 Å². The zero-order chi connectivity index (χ0) is 14.4. The summed E-state index contributed by atoms with van der Waals surface area (Å²) >= 11 is 5.89. The van der Waals surface area contributed by atoms with Crippen LogP contribution in [0.3, 0.4) is 0 Å². The van der Waals surface area contributed by atoms with Gasteiger partial charge in [-0.15, -0.1) is 11.6 Å². The molecule has 4 heteroatoms. The SMILES string of the molecule is CCOc1ccc(Oc2cc(CCl)cc(CC)n2)cc1. The summed E-state index contributed by atoms with van der Waals surface area (Å²) < 4.78 is 11.2. The second kappa shape index (κ2) is 7.15. The fourth-order valence-corrected chi connectivity index (χ4v) is 1.98. The number of alkyl halides is 1. The van der Waals surface area contributed by atoms with Crippen molar-refractivity contribution in [3.05, 3.63) is 47.7 Å². The van der Waals surface area contributed by atoms with Gasteiger partial charge in [-0.2, -0.15) is 0 Å². The normalized spacial score (nSPS) is 10.3. The van der Waals surface area contributed by atoms with Crippen molar-refractivity contribution >= 4 is 11.6 Å². The molecule has 20 heavy (non-hydrogen) atoms. The van der Waals surface area contributed by atoms with Crippen molar-refractivity contribution in [3.8, 4) is 17.4 Å². The van der Waals surface area contributed by atoms with E-state index < -0.39 is 0 Å². The first-order valence-corrected chi connectivity index (χ1v) is 7.25. The van der Waals surface area contributed by atoms with Crippen LogP contribution in [0.4, 0.5) is 0 Å². The molecule has 1 aromatic carbocycles. The van der Waals surface area contributed by atoms with Crippen LogP contribution in [0.2, 0.25) is 0 Å². The first-order chi connectivity index (χ1) is 9.75. The van der Waals surface area contributed by atoms with Gasteiger partial charge in [-0.05, 0) is 49.2 Å². The van der Waals surface area contributed by atoms with Crippen LogP contribution in [0.25, 0.3) is 0 Å². The summed E-state index contributed by atoms with van der Waals surface area (Å²) in [5, 5.41) is 0. The highest BCUT2D eigenvalue weighted by molar-refractivity contribution is 6.17. The van der Waals surface area contributed by atoms with Gasteiger partial charge in [-0.3, -0.25) is 0 Å². The number of benzene rings is 1. The van der Waals surface area contributed by atoms with E-state index in [1.807, 2.05) is 43.3 Å². The van der Waals surface area contributed by atoms with E-state index in [-0.39, 0.29) is 0 Å². The molecule has 1 heterocycles. The Balaban J connectivity index is 2.16. The summed E-state index contributed by atoms with van der Waals surface area (Å²) in [7, 11) is 0. The van der Waals surface area contributed by atoms with Gasteiger partial charge in [0.05, 0.1) is 6.61 Å². The van der Waals surface area contributed by atoms with Gasteiger partial charge in [0.25, 0.3) is 0 Å². The fourth-order valence-electron chi connectivity index (χ4n) is 1.82. The van der Waals surface area contributed by atoms with Crippen LogP contribution >= 0.6 is 11.6 Å². The van der Waals surface area contributed by atoms with E-state index in [1.165, 1.54) is 0 Å². The molecule has 2 rings (SSSR count). The van der Waals surface area contributed by atoms with Crippen molar-refractivity contribution in [2.45, 2.75) is 26.1 Å². The molecule has 0 amide bonds. The maximum absolute atomic E-state index is 5.89. The molecule has 2 aromatic rings. The molecule has 0 N–H and O–H groups in total. The predicted octanol–water partition coefficient (Wildman–Crippen LogP) is 4.57. The molecule has 0 radical (unpaired) electrons. The van der Waals surface area contributed by atoms with Crippen LogP contribution in [0, 0.1) is 0 Å². The largest absolute Gasteiger partial charge is 0.494 e. The molecule has 0 fully saturated rings. The lowest BCUT2D eigenvalue weighted by Gasteiger charge is -2.09. The minimum Gasteiger partial charge on any atom is -0.494 e. The summed E-state index contributed by atoms with van der Waals surface area (Å²) in [5.41, 5.74) is 1.99. The average Bonchev–Trinajstić information content (AvgIpc) is 2.49. The number of ether oxygens (including phenoxy) is 2. The van der Waals surface area contributed by atoms with Crippen molar-refractivity contribution in [2.75, 3.05) is 6.61 Å².